The van der Waals surface area contributed by atoms with Crippen LogP contribution in [0.4, 0.5) is 5.69 Å². The first-order valence-electron chi connectivity index (χ1n) is 18.8. The SMILES string of the molecule is CC(C)(C)OC(=O)CC1=N[C@@]2(C3=CC(N)=CCC3)CCCC[C@H]2CS1.CC(C)(C)OC(=O)CC1=N[C@@]2(c3cccc([N+](=O)[O-])c3)CCCC[C@H]2CS1. The maximum absolute atomic E-state index is 12.3. The summed E-state index contributed by atoms with van der Waals surface area (Å²) in [6.07, 6.45) is 15.6. The third-order valence-electron chi connectivity index (χ3n) is 10.3. The van der Waals surface area contributed by atoms with E-state index in [1.165, 1.54) is 30.9 Å². The standard InChI is InChI=1S/C20H26N2O4S.C20H30N2O2S/c1-19(2,3)26-18(23)12-17-21-20(10-5-4-7-15(20)13-27-17)14-8-6-9-16(11-14)22(24)25;1-19(2,3)24-18(23)12-17-22-20(14-8-6-9-16(21)11-14)10-5-4-7-15(20)13-25-17/h6,8-9,11,15H,4-5,7,10,12-13H2,1-3H3;9,11,15H,4-8,10,12-13,21H2,1-3H3/t2*15-,20+/m00/s1. The van der Waals surface area contributed by atoms with E-state index in [1.807, 2.05) is 47.6 Å². The first-order valence-corrected chi connectivity index (χ1v) is 20.7. The van der Waals surface area contributed by atoms with E-state index in [4.69, 9.17) is 25.2 Å². The topological polar surface area (TPSA) is 146 Å². The van der Waals surface area contributed by atoms with Crippen molar-refractivity contribution in [2.45, 2.75) is 141 Å². The maximum Gasteiger partial charge on any atom is 0.312 e. The van der Waals surface area contributed by atoms with E-state index in [-0.39, 0.29) is 40.9 Å². The number of nitro benzene ring substituents is 1. The Hall–Kier alpha value is -3.12. The summed E-state index contributed by atoms with van der Waals surface area (Å²) < 4.78 is 10.9. The van der Waals surface area contributed by atoms with Gasteiger partial charge in [0.25, 0.3) is 5.69 Å². The van der Waals surface area contributed by atoms with Gasteiger partial charge in [0, 0.05) is 29.3 Å². The summed E-state index contributed by atoms with van der Waals surface area (Å²) in [5, 5.41) is 12.9. The lowest BCUT2D eigenvalue weighted by molar-refractivity contribution is -0.385. The molecule has 0 bridgehead atoms. The van der Waals surface area contributed by atoms with Crippen LogP contribution >= 0.6 is 23.5 Å². The number of nitro groups is 1. The van der Waals surface area contributed by atoms with Crippen LogP contribution in [0.2, 0.25) is 0 Å². The van der Waals surface area contributed by atoms with Crippen molar-refractivity contribution in [3.05, 3.63) is 63.4 Å². The van der Waals surface area contributed by atoms with Crippen molar-refractivity contribution in [2.75, 3.05) is 11.5 Å². The van der Waals surface area contributed by atoms with E-state index < -0.39 is 16.7 Å². The number of rotatable bonds is 7. The Bertz CT molecular complexity index is 1640. The van der Waals surface area contributed by atoms with Gasteiger partial charge in [-0.1, -0.05) is 43.9 Å². The van der Waals surface area contributed by atoms with Crippen LogP contribution in [0.25, 0.3) is 0 Å². The Labute approximate surface area is 317 Å². The summed E-state index contributed by atoms with van der Waals surface area (Å²) in [6.45, 7) is 11.3. The second kappa shape index (κ2) is 16.5. The largest absolute Gasteiger partial charge is 0.460 e. The minimum atomic E-state index is -0.526. The second-order valence-electron chi connectivity index (χ2n) is 16.6. The molecule has 0 radical (unpaired) electrons. The highest BCUT2D eigenvalue weighted by molar-refractivity contribution is 8.14. The predicted octanol–water partition coefficient (Wildman–Crippen LogP) is 9.21. The molecule has 284 valence electrons. The second-order valence-corrected chi connectivity index (χ2v) is 18.8. The third-order valence-corrected chi connectivity index (χ3v) is 12.6. The molecule has 1 aromatic carbocycles. The van der Waals surface area contributed by atoms with Crippen LogP contribution < -0.4 is 5.73 Å². The van der Waals surface area contributed by atoms with E-state index in [0.717, 1.165) is 77.8 Å². The van der Waals surface area contributed by atoms with Gasteiger partial charge in [-0.25, -0.2) is 0 Å². The lowest BCUT2D eigenvalue weighted by Crippen LogP contribution is -2.46. The zero-order chi connectivity index (χ0) is 37.7. The molecule has 3 aliphatic carbocycles. The summed E-state index contributed by atoms with van der Waals surface area (Å²) in [4.78, 5) is 45.6. The third kappa shape index (κ3) is 10.1. The molecule has 2 aliphatic heterocycles. The molecule has 0 unspecified atom stereocenters. The zero-order valence-electron chi connectivity index (χ0n) is 31.7. The first-order chi connectivity index (χ1) is 24.5. The van der Waals surface area contributed by atoms with Gasteiger partial charge < -0.3 is 15.2 Å². The molecule has 2 fully saturated rings. The minimum absolute atomic E-state index is 0.0910. The highest BCUT2D eigenvalue weighted by Crippen LogP contribution is 2.51. The first kappa shape index (κ1) is 40.1. The van der Waals surface area contributed by atoms with Gasteiger partial charge in [-0.05, 0) is 109 Å². The molecule has 0 aromatic heterocycles. The molecular formula is C40H56N4O6S2. The Morgan fingerprint density at radius 1 is 0.885 bits per heavy atom. The van der Waals surface area contributed by atoms with Gasteiger partial charge in [-0.2, -0.15) is 0 Å². The fourth-order valence-electron chi connectivity index (χ4n) is 8.18. The number of fused-ring (bicyclic) bond motifs is 2. The fraction of sp³-hybridized carbons (Fsp3) is 0.650. The molecule has 0 amide bonds. The molecule has 2 N–H and O–H groups in total. The van der Waals surface area contributed by atoms with Gasteiger partial charge in [0.05, 0.1) is 38.9 Å². The lowest BCUT2D eigenvalue weighted by Gasteiger charge is -2.46. The highest BCUT2D eigenvalue weighted by atomic mass is 32.2. The van der Waals surface area contributed by atoms with Gasteiger partial charge >= 0.3 is 11.9 Å². The lowest BCUT2D eigenvalue weighted by atomic mass is 9.67. The Morgan fingerprint density at radius 2 is 1.42 bits per heavy atom. The molecule has 4 atom stereocenters. The van der Waals surface area contributed by atoms with E-state index in [9.17, 15) is 19.7 Å². The number of hydrogen-bond donors (Lipinski definition) is 1. The molecule has 0 spiro atoms. The molecular weight excluding hydrogens is 697 g/mol. The smallest absolute Gasteiger partial charge is 0.312 e. The minimum Gasteiger partial charge on any atom is -0.460 e. The van der Waals surface area contributed by atoms with Gasteiger partial charge in [0.15, 0.2) is 0 Å². The number of non-ortho nitro benzene ring substituents is 1. The Kier molecular flexibility index (Phi) is 12.7. The number of nitrogens with two attached hydrogens (primary N) is 1. The molecule has 1 aromatic rings. The molecule has 5 aliphatic rings. The van der Waals surface area contributed by atoms with E-state index >= 15 is 0 Å². The molecule has 2 heterocycles. The molecule has 52 heavy (non-hydrogen) atoms. The molecule has 12 heteroatoms. The highest BCUT2D eigenvalue weighted by Gasteiger charge is 2.47. The van der Waals surface area contributed by atoms with E-state index in [1.54, 1.807) is 35.7 Å². The number of ether oxygens (including phenoxy) is 2. The summed E-state index contributed by atoms with van der Waals surface area (Å²) in [7, 11) is 0. The maximum atomic E-state index is 12.3. The van der Waals surface area contributed by atoms with Crippen LogP contribution in [0.3, 0.4) is 0 Å². The summed E-state index contributed by atoms with van der Waals surface area (Å²) in [6, 6.07) is 6.85. The van der Waals surface area contributed by atoms with Crippen molar-refractivity contribution in [2.24, 2.45) is 27.6 Å². The van der Waals surface area contributed by atoms with Crippen LogP contribution in [0.15, 0.2) is 57.7 Å². The number of allylic oxidation sites excluding steroid dienone is 2. The normalized spacial score (nSPS) is 27.5. The van der Waals surface area contributed by atoms with Gasteiger partial charge in [0.1, 0.15) is 11.2 Å². The van der Waals surface area contributed by atoms with Crippen molar-refractivity contribution in [1.29, 1.82) is 0 Å². The number of carbonyl (C=O) groups excluding carboxylic acids is 2. The molecule has 2 saturated carbocycles. The number of benzene rings is 1. The van der Waals surface area contributed by atoms with Crippen LogP contribution in [-0.2, 0) is 24.6 Å². The van der Waals surface area contributed by atoms with Crippen molar-refractivity contribution < 1.29 is 24.0 Å². The molecule has 10 nitrogen and oxygen atoms in total. The van der Waals surface area contributed by atoms with Gasteiger partial charge in [-0.3, -0.25) is 29.7 Å². The van der Waals surface area contributed by atoms with Crippen LogP contribution in [0, 0.1) is 22.0 Å². The van der Waals surface area contributed by atoms with Gasteiger partial charge in [0.2, 0.25) is 0 Å². The average molecular weight is 753 g/mol. The number of thioether (sulfide) groups is 2. The van der Waals surface area contributed by atoms with Crippen LogP contribution in [0.1, 0.15) is 124 Å². The van der Waals surface area contributed by atoms with Crippen molar-refractivity contribution in [3.63, 3.8) is 0 Å². The van der Waals surface area contributed by atoms with Crippen molar-refractivity contribution in [1.82, 2.24) is 0 Å². The number of hydrogen-bond acceptors (Lipinski definition) is 11. The van der Waals surface area contributed by atoms with Crippen LogP contribution in [0.5, 0.6) is 0 Å². The van der Waals surface area contributed by atoms with Crippen LogP contribution in [-0.4, -0.2) is 55.2 Å². The van der Waals surface area contributed by atoms with E-state index in [2.05, 4.69) is 12.2 Å². The van der Waals surface area contributed by atoms with E-state index in [0.29, 0.717) is 11.8 Å². The summed E-state index contributed by atoms with van der Waals surface area (Å²) in [5.41, 5.74) is 7.73. The number of aliphatic imine (C=N–C) groups is 2. The Balaban J connectivity index is 0.000000202. The average Bonchev–Trinajstić information content (AvgIpc) is 3.06. The zero-order valence-corrected chi connectivity index (χ0v) is 33.3. The predicted molar refractivity (Wildman–Crippen MR) is 212 cm³/mol. The summed E-state index contributed by atoms with van der Waals surface area (Å²) in [5.74, 6) is 2.36. The van der Waals surface area contributed by atoms with Crippen molar-refractivity contribution >= 4 is 51.2 Å². The molecule has 0 saturated heterocycles. The Morgan fingerprint density at radius 3 is 1.96 bits per heavy atom. The number of carbonyl (C=O) groups is 2. The monoisotopic (exact) mass is 752 g/mol. The quantitative estimate of drug-likeness (QED) is 0.164. The number of esters is 2. The molecule has 6 rings (SSSR count). The number of nitrogens with zero attached hydrogens (tertiary/aromatic N) is 3. The fourth-order valence-corrected chi connectivity index (χ4v) is 10.7. The van der Waals surface area contributed by atoms with Gasteiger partial charge in [-0.15, -0.1) is 23.5 Å². The summed E-state index contributed by atoms with van der Waals surface area (Å²) >= 11 is 3.36. The van der Waals surface area contributed by atoms with Crippen molar-refractivity contribution in [3.8, 4) is 0 Å².